The van der Waals surface area contributed by atoms with E-state index in [1.807, 2.05) is 11.3 Å². The van der Waals surface area contributed by atoms with E-state index in [0.29, 0.717) is 5.92 Å². The van der Waals surface area contributed by atoms with Crippen LogP contribution in [0.25, 0.3) is 0 Å². The largest absolute Gasteiger partial charge is 0.303 e. The number of hydrogen-bond donors (Lipinski definition) is 0. The molecule has 18 heavy (non-hydrogen) atoms. The monoisotopic (exact) mass is 264 g/mol. The van der Waals surface area contributed by atoms with E-state index in [-0.39, 0.29) is 0 Å². The normalized spacial score (nSPS) is 22.8. The third kappa shape index (κ3) is 2.94. The predicted octanol–water partition coefficient (Wildman–Crippen LogP) is 3.86. The van der Waals surface area contributed by atoms with Crippen LogP contribution >= 0.6 is 11.3 Å². The van der Waals surface area contributed by atoms with Gasteiger partial charge in [0.1, 0.15) is 0 Å². The molecule has 0 atom stereocenters. The fourth-order valence-electron chi connectivity index (χ4n) is 2.78. The van der Waals surface area contributed by atoms with Crippen molar-refractivity contribution in [2.45, 2.75) is 51.4 Å². The number of hydrogen-bond acceptors (Lipinski definition) is 3. The zero-order valence-corrected chi connectivity index (χ0v) is 12.4. The van der Waals surface area contributed by atoms with E-state index in [1.165, 1.54) is 55.2 Å². The molecule has 1 aromatic rings. The minimum Gasteiger partial charge on any atom is -0.303 e. The quantitative estimate of drug-likeness (QED) is 0.821. The van der Waals surface area contributed by atoms with Crippen molar-refractivity contribution in [3.8, 4) is 0 Å². The Balaban J connectivity index is 1.54. The molecule has 0 radical (unpaired) electrons. The average Bonchev–Trinajstić information content (AvgIpc) is 3.04. The summed E-state index contributed by atoms with van der Waals surface area (Å²) in [6.45, 7) is 8.46. The van der Waals surface area contributed by atoms with Gasteiger partial charge in [-0.15, -0.1) is 11.3 Å². The van der Waals surface area contributed by atoms with Gasteiger partial charge in [-0.25, -0.2) is 4.98 Å². The molecule has 1 aromatic heterocycles. The number of nitrogens with zero attached hydrogens (tertiary/aromatic N) is 2. The molecular formula is C15H24N2S. The van der Waals surface area contributed by atoms with Gasteiger partial charge in [-0.05, 0) is 50.6 Å². The first-order chi connectivity index (χ1) is 8.72. The van der Waals surface area contributed by atoms with E-state index in [9.17, 15) is 0 Å². The predicted molar refractivity (Wildman–Crippen MR) is 77.3 cm³/mol. The lowest BCUT2D eigenvalue weighted by molar-refractivity contribution is 0.204. The molecule has 2 aliphatic rings. The van der Waals surface area contributed by atoms with E-state index in [4.69, 9.17) is 0 Å². The summed E-state index contributed by atoms with van der Waals surface area (Å²) >= 11 is 1.95. The number of aromatic nitrogens is 1. The van der Waals surface area contributed by atoms with Crippen LogP contribution in [-0.2, 0) is 0 Å². The van der Waals surface area contributed by atoms with E-state index >= 15 is 0 Å². The molecule has 1 aliphatic carbocycles. The third-order valence-electron chi connectivity index (χ3n) is 4.26. The van der Waals surface area contributed by atoms with Gasteiger partial charge in [0.2, 0.25) is 0 Å². The van der Waals surface area contributed by atoms with Gasteiger partial charge in [0, 0.05) is 23.5 Å². The Morgan fingerprint density at radius 2 is 2.00 bits per heavy atom. The minimum absolute atomic E-state index is 0.631. The molecule has 0 aromatic carbocycles. The SMILES string of the molecule is CC(C)c1cnc(C2CCN(CC3CC3)CC2)s1. The Kier molecular flexibility index (Phi) is 3.71. The summed E-state index contributed by atoms with van der Waals surface area (Å²) in [5.74, 6) is 2.40. The van der Waals surface area contributed by atoms with Crippen molar-refractivity contribution in [2.24, 2.45) is 5.92 Å². The summed E-state index contributed by atoms with van der Waals surface area (Å²) < 4.78 is 0. The van der Waals surface area contributed by atoms with Crippen LogP contribution in [0.3, 0.4) is 0 Å². The van der Waals surface area contributed by atoms with Gasteiger partial charge < -0.3 is 4.90 Å². The lowest BCUT2D eigenvalue weighted by atomic mass is 9.97. The number of thiazole rings is 1. The molecule has 0 amide bonds. The van der Waals surface area contributed by atoms with E-state index < -0.39 is 0 Å². The first kappa shape index (κ1) is 12.6. The van der Waals surface area contributed by atoms with Crippen molar-refractivity contribution in [3.05, 3.63) is 16.1 Å². The fraction of sp³-hybridized carbons (Fsp3) is 0.800. The van der Waals surface area contributed by atoms with Crippen LogP contribution in [0, 0.1) is 5.92 Å². The molecule has 2 heterocycles. The topological polar surface area (TPSA) is 16.1 Å². The van der Waals surface area contributed by atoms with Crippen LogP contribution in [0.1, 0.15) is 61.3 Å². The molecule has 1 saturated carbocycles. The Labute approximate surface area is 114 Å². The van der Waals surface area contributed by atoms with Gasteiger partial charge in [0.05, 0.1) is 5.01 Å². The number of likely N-dealkylation sites (tertiary alicyclic amines) is 1. The van der Waals surface area contributed by atoms with Crippen LogP contribution in [0.4, 0.5) is 0 Å². The summed E-state index contributed by atoms with van der Waals surface area (Å²) in [5, 5.41) is 1.39. The van der Waals surface area contributed by atoms with Crippen molar-refractivity contribution in [2.75, 3.05) is 19.6 Å². The van der Waals surface area contributed by atoms with Gasteiger partial charge >= 0.3 is 0 Å². The average molecular weight is 264 g/mol. The van der Waals surface area contributed by atoms with Crippen LogP contribution in [-0.4, -0.2) is 29.5 Å². The van der Waals surface area contributed by atoms with Gasteiger partial charge in [-0.2, -0.15) is 0 Å². The summed E-state index contributed by atoms with van der Waals surface area (Å²) in [4.78, 5) is 8.78. The summed E-state index contributed by atoms with van der Waals surface area (Å²) in [5.41, 5.74) is 0. The standard InChI is InChI=1S/C15H24N2S/c1-11(2)14-9-16-15(18-14)13-5-7-17(8-6-13)10-12-3-4-12/h9,11-13H,3-8,10H2,1-2H3. The second-order valence-electron chi connectivity index (χ2n) is 6.27. The minimum atomic E-state index is 0.631. The van der Waals surface area contributed by atoms with Crippen LogP contribution in [0.2, 0.25) is 0 Å². The molecule has 0 spiro atoms. The molecule has 0 bridgehead atoms. The lowest BCUT2D eigenvalue weighted by Crippen LogP contribution is -2.34. The van der Waals surface area contributed by atoms with Gasteiger partial charge in [-0.3, -0.25) is 0 Å². The molecule has 100 valence electrons. The van der Waals surface area contributed by atoms with Crippen molar-refractivity contribution in [1.29, 1.82) is 0 Å². The summed E-state index contributed by atoms with van der Waals surface area (Å²) in [6.07, 6.45) is 7.69. The Morgan fingerprint density at radius 3 is 2.56 bits per heavy atom. The van der Waals surface area contributed by atoms with E-state index in [0.717, 1.165) is 11.8 Å². The Morgan fingerprint density at radius 1 is 1.28 bits per heavy atom. The summed E-state index contributed by atoms with van der Waals surface area (Å²) in [7, 11) is 0. The molecule has 2 nitrogen and oxygen atoms in total. The highest BCUT2D eigenvalue weighted by Gasteiger charge is 2.28. The smallest absolute Gasteiger partial charge is 0.0959 e. The third-order valence-corrected chi connectivity index (χ3v) is 5.72. The molecule has 0 unspecified atom stereocenters. The van der Waals surface area contributed by atoms with Crippen molar-refractivity contribution in [3.63, 3.8) is 0 Å². The second-order valence-corrected chi connectivity index (χ2v) is 7.37. The number of rotatable bonds is 4. The van der Waals surface area contributed by atoms with Crippen LogP contribution < -0.4 is 0 Å². The lowest BCUT2D eigenvalue weighted by Gasteiger charge is -2.31. The maximum atomic E-state index is 4.66. The Hall–Kier alpha value is -0.410. The number of piperidine rings is 1. The molecule has 1 aliphatic heterocycles. The summed E-state index contributed by atoms with van der Waals surface area (Å²) in [6, 6.07) is 0. The molecule has 3 heteroatoms. The zero-order valence-electron chi connectivity index (χ0n) is 11.6. The maximum Gasteiger partial charge on any atom is 0.0959 e. The van der Waals surface area contributed by atoms with Crippen molar-refractivity contribution < 1.29 is 0 Å². The van der Waals surface area contributed by atoms with Crippen LogP contribution in [0.15, 0.2) is 6.20 Å². The van der Waals surface area contributed by atoms with E-state index in [1.54, 1.807) is 0 Å². The molecule has 1 saturated heterocycles. The molecule has 3 rings (SSSR count). The molecule has 0 N–H and O–H groups in total. The van der Waals surface area contributed by atoms with E-state index in [2.05, 4.69) is 29.9 Å². The highest BCUT2D eigenvalue weighted by Crippen LogP contribution is 2.35. The maximum absolute atomic E-state index is 4.66. The first-order valence-electron chi connectivity index (χ1n) is 7.40. The van der Waals surface area contributed by atoms with Crippen LogP contribution in [0.5, 0.6) is 0 Å². The molecule has 2 fully saturated rings. The highest BCUT2D eigenvalue weighted by molar-refractivity contribution is 7.11. The van der Waals surface area contributed by atoms with Gasteiger partial charge in [0.15, 0.2) is 0 Å². The van der Waals surface area contributed by atoms with Gasteiger partial charge in [0.25, 0.3) is 0 Å². The Bertz CT molecular complexity index is 387. The fourth-order valence-corrected chi connectivity index (χ4v) is 3.87. The van der Waals surface area contributed by atoms with Crippen molar-refractivity contribution in [1.82, 2.24) is 9.88 Å². The molecular weight excluding hydrogens is 240 g/mol. The highest BCUT2D eigenvalue weighted by atomic mass is 32.1. The van der Waals surface area contributed by atoms with Gasteiger partial charge in [-0.1, -0.05) is 13.8 Å². The van der Waals surface area contributed by atoms with Crippen molar-refractivity contribution >= 4 is 11.3 Å². The second kappa shape index (κ2) is 5.30. The first-order valence-corrected chi connectivity index (χ1v) is 8.22. The zero-order chi connectivity index (χ0) is 12.5.